The molecule has 0 atom stereocenters. The molecular formula is C9H14N2O. The molecule has 0 aromatic carbocycles. The zero-order chi connectivity index (χ0) is 8.97. The van der Waals surface area contributed by atoms with Gasteiger partial charge in [-0.15, -0.1) is 0 Å². The van der Waals surface area contributed by atoms with Gasteiger partial charge in [0.05, 0.1) is 18.0 Å². The fourth-order valence-corrected chi connectivity index (χ4v) is 1.03. The first-order valence-electron chi connectivity index (χ1n) is 3.94. The number of methoxy groups -OCH3 is 1. The molecule has 0 aliphatic heterocycles. The van der Waals surface area contributed by atoms with E-state index in [0.717, 1.165) is 23.4 Å². The number of ether oxygens (including phenoxy) is 1. The Labute approximate surface area is 72.6 Å². The number of hydrogen-bond acceptors (Lipinski definition) is 3. The van der Waals surface area contributed by atoms with Crippen molar-refractivity contribution in [2.45, 2.75) is 13.3 Å². The lowest BCUT2D eigenvalue weighted by Gasteiger charge is -2.04. The third-order valence-electron chi connectivity index (χ3n) is 1.68. The van der Waals surface area contributed by atoms with E-state index in [1.165, 1.54) is 0 Å². The van der Waals surface area contributed by atoms with Crippen LogP contribution in [0.5, 0.6) is 0 Å². The SMILES string of the molecule is COCCc1ncc(C)cc1N. The fraction of sp³-hybridized carbons (Fsp3) is 0.444. The predicted molar refractivity (Wildman–Crippen MR) is 49.0 cm³/mol. The van der Waals surface area contributed by atoms with Gasteiger partial charge in [0, 0.05) is 19.7 Å². The number of rotatable bonds is 3. The first kappa shape index (κ1) is 9.00. The number of anilines is 1. The molecule has 66 valence electrons. The average Bonchev–Trinajstić information content (AvgIpc) is 2.03. The van der Waals surface area contributed by atoms with Gasteiger partial charge < -0.3 is 10.5 Å². The topological polar surface area (TPSA) is 48.1 Å². The van der Waals surface area contributed by atoms with Crippen LogP contribution in [0.25, 0.3) is 0 Å². The van der Waals surface area contributed by atoms with Crippen molar-refractivity contribution in [1.29, 1.82) is 0 Å². The van der Waals surface area contributed by atoms with Gasteiger partial charge in [-0.3, -0.25) is 4.98 Å². The van der Waals surface area contributed by atoms with Crippen molar-refractivity contribution in [3.63, 3.8) is 0 Å². The Morgan fingerprint density at radius 2 is 2.33 bits per heavy atom. The molecule has 0 fully saturated rings. The second-order valence-corrected chi connectivity index (χ2v) is 2.79. The molecule has 3 heteroatoms. The number of aryl methyl sites for hydroxylation is 1. The summed E-state index contributed by atoms with van der Waals surface area (Å²) in [6, 6.07) is 1.93. The third kappa shape index (κ3) is 2.20. The van der Waals surface area contributed by atoms with E-state index in [0.29, 0.717) is 6.61 Å². The molecule has 2 N–H and O–H groups in total. The minimum absolute atomic E-state index is 0.667. The van der Waals surface area contributed by atoms with Gasteiger partial charge in [-0.1, -0.05) is 0 Å². The predicted octanol–water partition coefficient (Wildman–Crippen LogP) is 1.16. The van der Waals surface area contributed by atoms with Crippen LogP contribution in [0.4, 0.5) is 5.69 Å². The van der Waals surface area contributed by atoms with E-state index < -0.39 is 0 Å². The molecule has 3 nitrogen and oxygen atoms in total. The Hall–Kier alpha value is -1.09. The summed E-state index contributed by atoms with van der Waals surface area (Å²) in [5.74, 6) is 0. The monoisotopic (exact) mass is 166 g/mol. The maximum atomic E-state index is 5.74. The summed E-state index contributed by atoms with van der Waals surface area (Å²) in [5.41, 5.74) is 8.51. The Kier molecular flexibility index (Phi) is 3.05. The summed E-state index contributed by atoms with van der Waals surface area (Å²) in [7, 11) is 1.67. The second-order valence-electron chi connectivity index (χ2n) is 2.79. The molecule has 0 radical (unpaired) electrons. The number of hydrogen-bond donors (Lipinski definition) is 1. The first-order chi connectivity index (χ1) is 5.74. The largest absolute Gasteiger partial charge is 0.397 e. The summed E-state index contributed by atoms with van der Waals surface area (Å²) in [6.07, 6.45) is 2.60. The van der Waals surface area contributed by atoms with Crippen LogP contribution in [0.3, 0.4) is 0 Å². The maximum absolute atomic E-state index is 5.74. The zero-order valence-electron chi connectivity index (χ0n) is 7.50. The quantitative estimate of drug-likeness (QED) is 0.733. The van der Waals surface area contributed by atoms with Crippen molar-refractivity contribution < 1.29 is 4.74 Å². The first-order valence-corrected chi connectivity index (χ1v) is 3.94. The number of nitrogen functional groups attached to an aromatic ring is 1. The van der Waals surface area contributed by atoms with Gasteiger partial charge in [-0.2, -0.15) is 0 Å². The van der Waals surface area contributed by atoms with Gasteiger partial charge in [0.2, 0.25) is 0 Å². The summed E-state index contributed by atoms with van der Waals surface area (Å²) >= 11 is 0. The van der Waals surface area contributed by atoms with E-state index in [2.05, 4.69) is 4.98 Å². The van der Waals surface area contributed by atoms with Crippen LogP contribution >= 0.6 is 0 Å². The van der Waals surface area contributed by atoms with Crippen molar-refractivity contribution in [3.05, 3.63) is 23.5 Å². The maximum Gasteiger partial charge on any atom is 0.0655 e. The van der Waals surface area contributed by atoms with E-state index in [9.17, 15) is 0 Å². The lowest BCUT2D eigenvalue weighted by Crippen LogP contribution is -2.02. The molecule has 0 spiro atoms. The van der Waals surface area contributed by atoms with E-state index in [1.54, 1.807) is 7.11 Å². The van der Waals surface area contributed by atoms with Gasteiger partial charge in [0.15, 0.2) is 0 Å². The van der Waals surface area contributed by atoms with E-state index in [-0.39, 0.29) is 0 Å². The van der Waals surface area contributed by atoms with Crippen molar-refractivity contribution in [1.82, 2.24) is 4.98 Å². The molecule has 1 aromatic rings. The molecule has 1 rings (SSSR count). The number of aromatic nitrogens is 1. The van der Waals surface area contributed by atoms with Gasteiger partial charge >= 0.3 is 0 Å². The van der Waals surface area contributed by atoms with Gasteiger partial charge in [0.25, 0.3) is 0 Å². The van der Waals surface area contributed by atoms with Crippen molar-refractivity contribution >= 4 is 5.69 Å². The average molecular weight is 166 g/mol. The molecule has 12 heavy (non-hydrogen) atoms. The minimum Gasteiger partial charge on any atom is -0.397 e. The summed E-state index contributed by atoms with van der Waals surface area (Å²) in [4.78, 5) is 4.21. The zero-order valence-corrected chi connectivity index (χ0v) is 7.50. The Bertz CT molecular complexity index is 261. The van der Waals surface area contributed by atoms with Crippen LogP contribution in [-0.4, -0.2) is 18.7 Å². The highest BCUT2D eigenvalue weighted by molar-refractivity contribution is 5.44. The van der Waals surface area contributed by atoms with Gasteiger partial charge in [-0.05, 0) is 18.6 Å². The lowest BCUT2D eigenvalue weighted by atomic mass is 10.2. The number of nitrogens with zero attached hydrogens (tertiary/aromatic N) is 1. The molecular weight excluding hydrogens is 152 g/mol. The lowest BCUT2D eigenvalue weighted by molar-refractivity contribution is 0.201. The second kappa shape index (κ2) is 4.07. The van der Waals surface area contributed by atoms with Crippen LogP contribution < -0.4 is 5.73 Å². The van der Waals surface area contributed by atoms with Crippen LogP contribution in [0.15, 0.2) is 12.3 Å². The molecule has 1 heterocycles. The van der Waals surface area contributed by atoms with Crippen LogP contribution in [0, 0.1) is 6.92 Å². The Morgan fingerprint density at radius 3 is 2.92 bits per heavy atom. The molecule has 0 bridgehead atoms. The van der Waals surface area contributed by atoms with E-state index in [1.807, 2.05) is 19.2 Å². The van der Waals surface area contributed by atoms with Crippen molar-refractivity contribution in [2.24, 2.45) is 0 Å². The molecule has 0 aliphatic rings. The van der Waals surface area contributed by atoms with E-state index >= 15 is 0 Å². The standard InChI is InChI=1S/C9H14N2O/c1-7-5-8(10)9(11-6-7)3-4-12-2/h5-6H,3-4,10H2,1-2H3. The normalized spacial score (nSPS) is 10.2. The molecule has 1 aromatic heterocycles. The summed E-state index contributed by atoms with van der Waals surface area (Å²) < 4.78 is 4.94. The van der Waals surface area contributed by atoms with Crippen LogP contribution in [0.2, 0.25) is 0 Å². The Balaban J connectivity index is 2.72. The molecule has 0 saturated heterocycles. The third-order valence-corrected chi connectivity index (χ3v) is 1.68. The van der Waals surface area contributed by atoms with Crippen molar-refractivity contribution in [2.75, 3.05) is 19.5 Å². The van der Waals surface area contributed by atoms with Crippen molar-refractivity contribution in [3.8, 4) is 0 Å². The smallest absolute Gasteiger partial charge is 0.0655 e. The van der Waals surface area contributed by atoms with Gasteiger partial charge in [0.1, 0.15) is 0 Å². The van der Waals surface area contributed by atoms with E-state index in [4.69, 9.17) is 10.5 Å². The highest BCUT2D eigenvalue weighted by Gasteiger charge is 1.99. The van der Waals surface area contributed by atoms with Crippen LogP contribution in [-0.2, 0) is 11.2 Å². The van der Waals surface area contributed by atoms with Gasteiger partial charge in [-0.25, -0.2) is 0 Å². The highest BCUT2D eigenvalue weighted by atomic mass is 16.5. The van der Waals surface area contributed by atoms with Crippen LogP contribution in [0.1, 0.15) is 11.3 Å². The molecule has 0 unspecified atom stereocenters. The Morgan fingerprint density at radius 1 is 1.58 bits per heavy atom. The highest BCUT2D eigenvalue weighted by Crippen LogP contribution is 2.10. The fourth-order valence-electron chi connectivity index (χ4n) is 1.03. The number of pyridine rings is 1. The summed E-state index contributed by atoms with van der Waals surface area (Å²) in [6.45, 7) is 2.64. The molecule has 0 aliphatic carbocycles. The molecule has 0 amide bonds. The minimum atomic E-state index is 0.667. The molecule has 0 saturated carbocycles. The summed E-state index contributed by atoms with van der Waals surface area (Å²) in [5, 5.41) is 0. The number of nitrogens with two attached hydrogens (primary N) is 1.